The van der Waals surface area contributed by atoms with Crippen LogP contribution in [0.4, 0.5) is 16.0 Å². The maximum atomic E-state index is 15.3. The highest BCUT2D eigenvalue weighted by Crippen LogP contribution is 2.29. The second-order valence-corrected chi connectivity index (χ2v) is 9.05. The number of nitrogens with zero attached hydrogens (tertiary/aromatic N) is 4. The predicted octanol–water partition coefficient (Wildman–Crippen LogP) is 2.85. The Morgan fingerprint density at radius 1 is 1.11 bits per heavy atom. The Hall–Kier alpha value is -4.09. The lowest BCUT2D eigenvalue weighted by Gasteiger charge is -2.20. The molecule has 1 fully saturated rings. The molecule has 1 aliphatic rings. The average Bonchev–Trinajstić information content (AvgIpc) is 3.33. The SMILES string of the molecule is CCOC(=O)[C@H]1CN(CC(=O)Nc2ccc(Cl)cn2)C[C@@H]1C(=O)N(F)c1ccc(-n2ccccc2=O)cc1. The van der Waals surface area contributed by atoms with E-state index in [4.69, 9.17) is 16.3 Å². The molecule has 3 heterocycles. The molecule has 0 saturated carbocycles. The van der Waals surface area contributed by atoms with Gasteiger partial charge in [-0.15, -0.1) is 5.12 Å². The molecule has 2 amide bonds. The summed E-state index contributed by atoms with van der Waals surface area (Å²) in [6.45, 7) is 1.60. The van der Waals surface area contributed by atoms with E-state index in [2.05, 4.69) is 10.3 Å². The highest BCUT2D eigenvalue weighted by atomic mass is 35.5. The Morgan fingerprint density at radius 3 is 2.50 bits per heavy atom. The number of amides is 2. The van der Waals surface area contributed by atoms with Gasteiger partial charge in [0.2, 0.25) is 5.91 Å². The Labute approximate surface area is 222 Å². The Kier molecular flexibility index (Phi) is 8.49. The monoisotopic (exact) mass is 541 g/mol. The van der Waals surface area contributed by atoms with Crippen molar-refractivity contribution in [2.45, 2.75) is 6.92 Å². The fourth-order valence-electron chi connectivity index (χ4n) is 4.25. The maximum absolute atomic E-state index is 15.3. The third-order valence-electron chi connectivity index (χ3n) is 6.03. The van der Waals surface area contributed by atoms with Crippen molar-refractivity contribution in [3.8, 4) is 5.69 Å². The van der Waals surface area contributed by atoms with E-state index in [1.165, 1.54) is 41.1 Å². The highest BCUT2D eigenvalue weighted by Gasteiger charge is 2.45. The number of rotatable bonds is 8. The molecule has 1 N–H and O–H groups in total. The van der Waals surface area contributed by atoms with Gasteiger partial charge in [0, 0.05) is 37.2 Å². The van der Waals surface area contributed by atoms with Gasteiger partial charge in [-0.1, -0.05) is 22.1 Å². The summed E-state index contributed by atoms with van der Waals surface area (Å²) < 4.78 is 21.8. The zero-order valence-electron chi connectivity index (χ0n) is 20.4. The minimum Gasteiger partial charge on any atom is -0.466 e. The minimum atomic E-state index is -1.07. The molecule has 38 heavy (non-hydrogen) atoms. The molecular formula is C26H25ClFN5O5. The molecule has 2 atom stereocenters. The van der Waals surface area contributed by atoms with Crippen LogP contribution in [0.25, 0.3) is 5.69 Å². The number of pyridine rings is 2. The van der Waals surface area contributed by atoms with Gasteiger partial charge >= 0.3 is 5.97 Å². The van der Waals surface area contributed by atoms with E-state index in [9.17, 15) is 19.2 Å². The van der Waals surface area contributed by atoms with Crippen molar-refractivity contribution in [2.75, 3.05) is 36.7 Å². The number of hydrogen-bond donors (Lipinski definition) is 1. The smallest absolute Gasteiger partial charge is 0.311 e. The fraction of sp³-hybridized carbons (Fsp3) is 0.269. The van der Waals surface area contributed by atoms with E-state index in [1.807, 2.05) is 0 Å². The van der Waals surface area contributed by atoms with Gasteiger partial charge in [-0.3, -0.25) is 28.6 Å². The van der Waals surface area contributed by atoms with E-state index in [1.54, 1.807) is 42.3 Å². The first kappa shape index (κ1) is 27.0. The lowest BCUT2D eigenvalue weighted by Crippen LogP contribution is -2.37. The number of ether oxygens (including phenoxy) is 1. The Morgan fingerprint density at radius 2 is 1.84 bits per heavy atom. The van der Waals surface area contributed by atoms with Crippen molar-refractivity contribution in [3.63, 3.8) is 0 Å². The molecule has 0 aliphatic carbocycles. The molecule has 2 aromatic heterocycles. The summed E-state index contributed by atoms with van der Waals surface area (Å²) in [5.41, 5.74) is 0.181. The van der Waals surface area contributed by atoms with Crippen LogP contribution in [0, 0.1) is 11.8 Å². The van der Waals surface area contributed by atoms with Gasteiger partial charge in [0.05, 0.1) is 35.7 Å². The van der Waals surface area contributed by atoms with Gasteiger partial charge in [0.25, 0.3) is 11.5 Å². The predicted molar refractivity (Wildman–Crippen MR) is 139 cm³/mol. The summed E-state index contributed by atoms with van der Waals surface area (Å²) in [7, 11) is 0. The standard InChI is InChI=1S/C26H25ClFN5O5/c1-2-38-26(37)21-15-31(16-23(34)30-22-11-6-17(27)13-29-22)14-20(21)25(36)33(28)19-9-7-18(8-10-19)32-12-4-3-5-24(32)35/h3-13,20-21H,2,14-16H2,1H3,(H,29,30,34)/t20-,21-/m0/s1. The molecule has 1 saturated heterocycles. The molecule has 4 rings (SSSR count). The topological polar surface area (TPSA) is 114 Å². The third kappa shape index (κ3) is 6.24. The Bertz CT molecular complexity index is 1370. The summed E-state index contributed by atoms with van der Waals surface area (Å²) >= 11 is 5.81. The van der Waals surface area contributed by atoms with Crippen LogP contribution >= 0.6 is 11.6 Å². The fourth-order valence-corrected chi connectivity index (χ4v) is 4.36. The second-order valence-electron chi connectivity index (χ2n) is 8.61. The van der Waals surface area contributed by atoms with Crippen LogP contribution in [0.5, 0.6) is 0 Å². The van der Waals surface area contributed by atoms with E-state index < -0.39 is 29.6 Å². The lowest BCUT2D eigenvalue weighted by molar-refractivity contribution is -0.151. The summed E-state index contributed by atoms with van der Waals surface area (Å²) in [6.07, 6.45) is 2.96. The average molecular weight is 542 g/mol. The number of carbonyl (C=O) groups excluding carboxylic acids is 3. The number of likely N-dealkylation sites (tertiary alicyclic amines) is 1. The number of esters is 1. The molecule has 0 spiro atoms. The molecule has 1 aliphatic heterocycles. The lowest BCUT2D eigenvalue weighted by atomic mass is 9.95. The number of hydrogen-bond acceptors (Lipinski definition) is 7. The molecule has 10 nitrogen and oxygen atoms in total. The largest absolute Gasteiger partial charge is 0.466 e. The number of nitrogens with one attached hydrogen (secondary N) is 1. The van der Waals surface area contributed by atoms with Gasteiger partial charge in [0.1, 0.15) is 5.82 Å². The zero-order valence-corrected chi connectivity index (χ0v) is 21.2. The second kappa shape index (κ2) is 12.0. The van der Waals surface area contributed by atoms with Crippen molar-refractivity contribution in [1.29, 1.82) is 0 Å². The molecule has 0 bridgehead atoms. The van der Waals surface area contributed by atoms with Gasteiger partial charge in [-0.2, -0.15) is 0 Å². The molecule has 12 heteroatoms. The highest BCUT2D eigenvalue weighted by molar-refractivity contribution is 6.30. The van der Waals surface area contributed by atoms with Gasteiger partial charge in [-0.05, 0) is 49.4 Å². The van der Waals surface area contributed by atoms with Gasteiger partial charge in [-0.25, -0.2) is 4.98 Å². The minimum absolute atomic E-state index is 0.0182. The number of benzene rings is 1. The maximum Gasteiger partial charge on any atom is 0.311 e. The number of anilines is 2. The first-order chi connectivity index (χ1) is 18.3. The normalized spacial score (nSPS) is 17.1. The van der Waals surface area contributed by atoms with Crippen LogP contribution in [0.1, 0.15) is 6.92 Å². The molecule has 1 aromatic carbocycles. The molecular weight excluding hydrogens is 517 g/mol. The Balaban J connectivity index is 1.46. The number of aromatic nitrogens is 2. The van der Waals surface area contributed by atoms with E-state index in [-0.39, 0.29) is 42.6 Å². The molecule has 0 unspecified atom stereocenters. The first-order valence-electron chi connectivity index (χ1n) is 11.8. The summed E-state index contributed by atoms with van der Waals surface area (Å²) in [6, 6.07) is 13.6. The van der Waals surface area contributed by atoms with Crippen LogP contribution in [0.15, 0.2) is 71.8 Å². The zero-order chi connectivity index (χ0) is 27.2. The summed E-state index contributed by atoms with van der Waals surface area (Å²) in [5.74, 6) is -3.72. The van der Waals surface area contributed by atoms with Crippen LogP contribution in [-0.4, -0.2) is 58.5 Å². The van der Waals surface area contributed by atoms with E-state index in [0.717, 1.165) is 0 Å². The summed E-state index contributed by atoms with van der Waals surface area (Å²) in [4.78, 5) is 55.9. The van der Waals surface area contributed by atoms with Crippen LogP contribution in [0.2, 0.25) is 5.02 Å². The van der Waals surface area contributed by atoms with Crippen molar-refractivity contribution >= 4 is 40.9 Å². The van der Waals surface area contributed by atoms with Crippen molar-refractivity contribution < 1.29 is 23.6 Å². The quantitative estimate of drug-likeness (QED) is 0.344. The molecule has 0 radical (unpaired) electrons. The number of halogens is 2. The third-order valence-corrected chi connectivity index (χ3v) is 6.26. The van der Waals surface area contributed by atoms with Crippen molar-refractivity contribution in [2.24, 2.45) is 11.8 Å². The van der Waals surface area contributed by atoms with Gasteiger partial charge < -0.3 is 10.1 Å². The molecule has 3 aromatic rings. The first-order valence-corrected chi connectivity index (χ1v) is 12.2. The number of carbonyl (C=O) groups is 3. The van der Waals surface area contributed by atoms with Gasteiger partial charge in [0.15, 0.2) is 0 Å². The van der Waals surface area contributed by atoms with Crippen LogP contribution in [-0.2, 0) is 19.1 Å². The summed E-state index contributed by atoms with van der Waals surface area (Å²) in [5, 5.41) is 3.02. The van der Waals surface area contributed by atoms with Crippen molar-refractivity contribution in [1.82, 2.24) is 14.5 Å². The van der Waals surface area contributed by atoms with Crippen LogP contribution in [0.3, 0.4) is 0 Å². The van der Waals surface area contributed by atoms with Crippen molar-refractivity contribution in [3.05, 3.63) is 82.4 Å². The molecule has 198 valence electrons. The van der Waals surface area contributed by atoms with Crippen LogP contribution < -0.4 is 16.0 Å². The van der Waals surface area contributed by atoms with E-state index in [0.29, 0.717) is 16.5 Å². The van der Waals surface area contributed by atoms with E-state index >= 15 is 4.48 Å².